The van der Waals surface area contributed by atoms with Crippen LogP contribution in [-0.4, -0.2) is 44.1 Å². The highest BCUT2D eigenvalue weighted by Crippen LogP contribution is 2.34. The van der Waals surface area contributed by atoms with Gasteiger partial charge in [0.1, 0.15) is 11.8 Å². The van der Waals surface area contributed by atoms with Crippen molar-refractivity contribution < 1.29 is 17.9 Å². The second-order valence-electron chi connectivity index (χ2n) is 6.33. The van der Waals surface area contributed by atoms with Gasteiger partial charge < -0.3 is 9.30 Å². The topological polar surface area (TPSA) is 101 Å². The van der Waals surface area contributed by atoms with Crippen LogP contribution in [0, 0.1) is 11.3 Å². The smallest absolute Gasteiger partial charge is 0.355 e. The first-order chi connectivity index (χ1) is 13.7. The molecule has 0 amide bonds. The number of hydrogen-bond acceptors (Lipinski definition) is 6. The number of nitriles is 1. The highest BCUT2D eigenvalue weighted by Gasteiger charge is 2.26. The minimum atomic E-state index is -3.19. The largest absolute Gasteiger partial charge is 0.461 e. The summed E-state index contributed by atoms with van der Waals surface area (Å²) in [7, 11) is -1.42. The van der Waals surface area contributed by atoms with Crippen molar-refractivity contribution in [2.45, 2.75) is 25.2 Å². The summed E-state index contributed by atoms with van der Waals surface area (Å²) in [6.07, 6.45) is 1.75. The van der Waals surface area contributed by atoms with E-state index in [9.17, 15) is 18.5 Å². The maximum absolute atomic E-state index is 12.6. The first-order valence-electron chi connectivity index (χ1n) is 9.20. The van der Waals surface area contributed by atoms with Gasteiger partial charge in [0.15, 0.2) is 0 Å². The number of ether oxygens (including phenoxy) is 1. The molecule has 2 aromatic rings. The van der Waals surface area contributed by atoms with Gasteiger partial charge in [-0.3, -0.25) is 0 Å². The van der Waals surface area contributed by atoms with Crippen molar-refractivity contribution in [1.29, 1.82) is 5.26 Å². The van der Waals surface area contributed by atoms with Gasteiger partial charge >= 0.3 is 5.97 Å². The van der Waals surface area contributed by atoms with Crippen LogP contribution in [0.1, 0.15) is 35.6 Å². The molecule has 0 spiro atoms. The van der Waals surface area contributed by atoms with E-state index in [4.69, 9.17) is 4.74 Å². The summed E-state index contributed by atoms with van der Waals surface area (Å²) in [5.74, 6) is 0.140. The lowest BCUT2D eigenvalue weighted by molar-refractivity contribution is 0.0516. The van der Waals surface area contributed by atoms with Crippen LogP contribution in [0.25, 0.3) is 11.1 Å². The molecule has 1 aromatic carbocycles. The van der Waals surface area contributed by atoms with E-state index in [2.05, 4.69) is 10.8 Å². The third-order valence-corrected chi connectivity index (χ3v) is 6.05. The van der Waals surface area contributed by atoms with Crippen molar-refractivity contribution in [1.82, 2.24) is 9.29 Å². The number of sulfonamides is 1. The van der Waals surface area contributed by atoms with Crippen LogP contribution in [-0.2, 0) is 28.2 Å². The molecule has 0 unspecified atom stereocenters. The zero-order chi connectivity index (χ0) is 21.6. The number of nitrogens with zero attached hydrogens (tertiary/aromatic N) is 2. The molecule has 0 saturated carbocycles. The number of nitrogens with one attached hydrogen (secondary N) is 1. The molecule has 1 heterocycles. The Morgan fingerprint density at radius 3 is 2.45 bits per heavy atom. The molecule has 29 heavy (non-hydrogen) atoms. The third-order valence-electron chi connectivity index (χ3n) is 4.31. The van der Waals surface area contributed by atoms with Crippen molar-refractivity contribution >= 4 is 27.8 Å². The van der Waals surface area contributed by atoms with E-state index >= 15 is 0 Å². The normalized spacial score (nSPS) is 11.3. The molecule has 7 nitrogen and oxygen atoms in total. The fourth-order valence-corrected chi connectivity index (χ4v) is 4.47. The van der Waals surface area contributed by atoms with Gasteiger partial charge in [-0.25, -0.2) is 17.9 Å². The average Bonchev–Trinajstić information content (AvgIpc) is 2.96. The Bertz CT molecular complexity index is 1020. The molecule has 0 fully saturated rings. The maximum atomic E-state index is 12.6. The second-order valence-corrected chi connectivity index (χ2v) is 9.33. The van der Waals surface area contributed by atoms with Crippen LogP contribution in [0.3, 0.4) is 0 Å². The molecule has 1 aromatic heterocycles. The van der Waals surface area contributed by atoms with Gasteiger partial charge in [-0.15, -0.1) is 11.8 Å². The zero-order valence-corrected chi connectivity index (χ0v) is 18.6. The Morgan fingerprint density at radius 1 is 1.28 bits per heavy atom. The van der Waals surface area contributed by atoms with Crippen LogP contribution < -0.4 is 4.72 Å². The van der Waals surface area contributed by atoms with Crippen LogP contribution >= 0.6 is 11.8 Å². The molecule has 156 valence electrons. The van der Waals surface area contributed by atoms with Gasteiger partial charge in [0, 0.05) is 35.5 Å². The number of benzene rings is 1. The molecular weight excluding hydrogens is 410 g/mol. The highest BCUT2D eigenvalue weighted by molar-refractivity contribution is 7.99. The molecule has 0 aliphatic rings. The monoisotopic (exact) mass is 435 g/mol. The summed E-state index contributed by atoms with van der Waals surface area (Å²) in [4.78, 5) is 13.5. The van der Waals surface area contributed by atoms with Gasteiger partial charge in [0.2, 0.25) is 10.0 Å². The summed E-state index contributed by atoms with van der Waals surface area (Å²) < 4.78 is 31.6. The highest BCUT2D eigenvalue weighted by atomic mass is 32.2. The van der Waals surface area contributed by atoms with Crippen LogP contribution in [0.2, 0.25) is 0 Å². The Balaban J connectivity index is 2.34. The Labute approximate surface area is 176 Å². The SMILES string of the molecule is CCOC(=O)c1c(-c2ccc(SCCNS(C)(=O)=O)cc2)c(C#N)c(CC)n1C. The van der Waals surface area contributed by atoms with Crippen molar-refractivity contribution in [3.05, 3.63) is 41.2 Å². The molecule has 0 aliphatic carbocycles. The number of aromatic nitrogens is 1. The van der Waals surface area contributed by atoms with E-state index < -0.39 is 16.0 Å². The summed E-state index contributed by atoms with van der Waals surface area (Å²) >= 11 is 1.52. The summed E-state index contributed by atoms with van der Waals surface area (Å²) in [5.41, 5.74) is 2.99. The number of thioether (sulfide) groups is 1. The minimum Gasteiger partial charge on any atom is -0.461 e. The average molecular weight is 436 g/mol. The van der Waals surface area contributed by atoms with E-state index in [-0.39, 0.29) is 6.61 Å². The zero-order valence-electron chi connectivity index (χ0n) is 17.0. The summed E-state index contributed by atoms with van der Waals surface area (Å²) in [5, 5.41) is 9.73. The molecule has 0 atom stereocenters. The number of carbonyl (C=O) groups is 1. The lowest BCUT2D eigenvalue weighted by Gasteiger charge is -2.09. The van der Waals surface area contributed by atoms with Crippen LogP contribution in [0.5, 0.6) is 0 Å². The summed E-state index contributed by atoms with van der Waals surface area (Å²) in [6, 6.07) is 9.77. The third kappa shape index (κ3) is 5.63. The molecule has 0 aliphatic heterocycles. The molecule has 2 rings (SSSR count). The fourth-order valence-electron chi connectivity index (χ4n) is 3.10. The van der Waals surface area contributed by atoms with Gasteiger partial charge in [0.05, 0.1) is 18.4 Å². The predicted molar refractivity (Wildman–Crippen MR) is 114 cm³/mol. The number of rotatable bonds is 9. The van der Waals surface area contributed by atoms with E-state index in [0.717, 1.165) is 22.4 Å². The van der Waals surface area contributed by atoms with E-state index in [1.807, 2.05) is 31.2 Å². The van der Waals surface area contributed by atoms with Crippen molar-refractivity contribution in [2.75, 3.05) is 25.2 Å². The first-order valence-corrected chi connectivity index (χ1v) is 12.1. The molecule has 9 heteroatoms. The van der Waals surface area contributed by atoms with E-state index in [1.54, 1.807) is 18.5 Å². The second kappa shape index (κ2) is 9.96. The molecular formula is C20H25N3O4S2. The van der Waals surface area contributed by atoms with E-state index in [0.29, 0.717) is 35.5 Å². The van der Waals surface area contributed by atoms with Crippen molar-refractivity contribution in [3.63, 3.8) is 0 Å². The van der Waals surface area contributed by atoms with Gasteiger partial charge in [-0.05, 0) is 31.0 Å². The van der Waals surface area contributed by atoms with Crippen LogP contribution in [0.15, 0.2) is 29.2 Å². The van der Waals surface area contributed by atoms with Gasteiger partial charge in [-0.1, -0.05) is 19.1 Å². The molecule has 0 radical (unpaired) electrons. The molecule has 1 N–H and O–H groups in total. The van der Waals surface area contributed by atoms with Crippen LogP contribution in [0.4, 0.5) is 0 Å². The standard InChI is InChI=1S/C20H25N3O4S2/c1-5-17-16(13-21)18(19(23(17)3)20(24)27-6-2)14-7-9-15(10-8-14)28-12-11-22-29(4,25)26/h7-10,22H,5-6,11-12H2,1-4H3. The minimum absolute atomic E-state index is 0.254. The molecule has 0 bridgehead atoms. The molecule has 0 saturated heterocycles. The van der Waals surface area contributed by atoms with Crippen molar-refractivity contribution in [2.24, 2.45) is 7.05 Å². The fraction of sp³-hybridized carbons (Fsp3) is 0.400. The quantitative estimate of drug-likeness (QED) is 0.369. The lowest BCUT2D eigenvalue weighted by atomic mass is 10.00. The first kappa shape index (κ1) is 23.0. The number of esters is 1. The number of carbonyl (C=O) groups excluding carboxylic acids is 1. The predicted octanol–water partition coefficient (Wildman–Crippen LogP) is 2.94. The Hall–Kier alpha value is -2.28. The Kier molecular flexibility index (Phi) is 7.90. The maximum Gasteiger partial charge on any atom is 0.355 e. The number of hydrogen-bond donors (Lipinski definition) is 1. The van der Waals surface area contributed by atoms with Gasteiger partial charge in [-0.2, -0.15) is 5.26 Å². The van der Waals surface area contributed by atoms with Crippen molar-refractivity contribution in [3.8, 4) is 17.2 Å². The van der Waals surface area contributed by atoms with E-state index in [1.165, 1.54) is 11.8 Å². The summed E-state index contributed by atoms with van der Waals surface area (Å²) in [6.45, 7) is 4.29. The van der Waals surface area contributed by atoms with Gasteiger partial charge in [0.25, 0.3) is 0 Å². The lowest BCUT2D eigenvalue weighted by Crippen LogP contribution is -2.24. The Morgan fingerprint density at radius 2 is 1.93 bits per heavy atom.